The topological polar surface area (TPSA) is 3.24 Å². The fraction of sp³-hybridized carbons (Fsp3) is 0.0164. The number of anilines is 3. The zero-order valence-corrected chi connectivity index (χ0v) is 36.4. The molecule has 0 unspecified atom stereocenters. The van der Waals surface area contributed by atoms with Gasteiger partial charge in [0.25, 0.3) is 0 Å². The number of thiophene rings is 2. The van der Waals surface area contributed by atoms with E-state index in [9.17, 15) is 0 Å². The number of benzene rings is 10. The van der Waals surface area contributed by atoms with Gasteiger partial charge in [0.1, 0.15) is 0 Å². The van der Waals surface area contributed by atoms with Gasteiger partial charge in [0.15, 0.2) is 0 Å². The van der Waals surface area contributed by atoms with E-state index in [2.05, 4.69) is 241 Å². The van der Waals surface area contributed by atoms with Crippen LogP contribution in [0.5, 0.6) is 0 Å². The normalized spacial score (nSPS) is 12.8. The first kappa shape index (κ1) is 37.0. The summed E-state index contributed by atoms with van der Waals surface area (Å²) in [4.78, 5) is 2.48. The number of rotatable bonds is 7. The molecule has 64 heavy (non-hydrogen) atoms. The summed E-state index contributed by atoms with van der Waals surface area (Å²) in [6.45, 7) is 0. The molecule has 0 spiro atoms. The van der Waals surface area contributed by atoms with Crippen LogP contribution >= 0.6 is 22.7 Å². The Morgan fingerprint density at radius 1 is 0.328 bits per heavy atom. The molecule has 0 bridgehead atoms. The molecule has 0 aliphatic heterocycles. The molecule has 2 aromatic heterocycles. The molecule has 0 atom stereocenters. The molecule has 1 nitrogen and oxygen atoms in total. The molecule has 12 aromatic rings. The van der Waals surface area contributed by atoms with Crippen LogP contribution in [0.4, 0.5) is 17.1 Å². The van der Waals surface area contributed by atoms with Crippen LogP contribution in [0.1, 0.15) is 22.3 Å². The molecule has 0 radical (unpaired) electrons. The maximum atomic E-state index is 2.48. The van der Waals surface area contributed by atoms with Gasteiger partial charge in [-0.1, -0.05) is 176 Å². The molecule has 1 aliphatic rings. The third-order valence-electron chi connectivity index (χ3n) is 13.4. The highest BCUT2D eigenvalue weighted by Gasteiger charge is 2.47. The van der Waals surface area contributed by atoms with Crippen LogP contribution in [-0.2, 0) is 5.41 Å². The molecule has 0 saturated carbocycles. The Morgan fingerprint density at radius 2 is 0.844 bits per heavy atom. The largest absolute Gasteiger partial charge is 0.310 e. The maximum Gasteiger partial charge on any atom is 0.0714 e. The highest BCUT2D eigenvalue weighted by atomic mass is 32.1. The van der Waals surface area contributed by atoms with Gasteiger partial charge in [-0.25, -0.2) is 0 Å². The van der Waals surface area contributed by atoms with Crippen LogP contribution in [0.3, 0.4) is 0 Å². The summed E-state index contributed by atoms with van der Waals surface area (Å²) in [6.07, 6.45) is 0. The molecule has 3 heteroatoms. The first-order chi connectivity index (χ1) is 31.7. The van der Waals surface area contributed by atoms with Gasteiger partial charge in [-0.05, 0) is 111 Å². The number of nitrogens with zero attached hydrogens (tertiary/aromatic N) is 1. The monoisotopic (exact) mass is 849 g/mol. The van der Waals surface area contributed by atoms with Crippen LogP contribution in [-0.4, -0.2) is 0 Å². The molecule has 0 N–H and O–H groups in total. The molecule has 300 valence electrons. The summed E-state index contributed by atoms with van der Waals surface area (Å²) in [6, 6.07) is 87.8. The van der Waals surface area contributed by atoms with Gasteiger partial charge in [-0.15, -0.1) is 22.7 Å². The van der Waals surface area contributed by atoms with Crippen molar-refractivity contribution in [3.05, 3.63) is 259 Å². The molecule has 0 amide bonds. The Balaban J connectivity index is 1.01. The second-order valence-electron chi connectivity index (χ2n) is 16.7. The number of hydrogen-bond donors (Lipinski definition) is 0. The minimum absolute atomic E-state index is 0.504. The first-order valence-corrected chi connectivity index (χ1v) is 23.5. The van der Waals surface area contributed by atoms with E-state index in [4.69, 9.17) is 0 Å². The van der Waals surface area contributed by atoms with Gasteiger partial charge in [-0.3, -0.25) is 0 Å². The molecule has 1 aliphatic carbocycles. The van der Waals surface area contributed by atoms with E-state index in [0.29, 0.717) is 0 Å². The second-order valence-corrected chi connectivity index (χ2v) is 18.9. The van der Waals surface area contributed by atoms with Gasteiger partial charge < -0.3 is 4.90 Å². The van der Waals surface area contributed by atoms with Crippen LogP contribution in [0.25, 0.3) is 73.7 Å². The SMILES string of the molecule is c1ccc(C2(c3ccccc3)c3ccccc3-c3c(N(c4ccc(-c5ccc6sc7ccccc7c6c5)cc4)c4ccc(-c5cccc6sc7ccccc7c56)cc4)cccc32)cc1. The van der Waals surface area contributed by atoms with E-state index in [1.165, 1.54) is 96.0 Å². The lowest BCUT2D eigenvalue weighted by molar-refractivity contribution is 0.768. The minimum atomic E-state index is -0.504. The Kier molecular flexibility index (Phi) is 8.55. The fourth-order valence-corrected chi connectivity index (χ4v) is 12.8. The van der Waals surface area contributed by atoms with Crippen LogP contribution in [0.15, 0.2) is 237 Å². The Labute approximate surface area is 380 Å². The van der Waals surface area contributed by atoms with E-state index in [-0.39, 0.29) is 0 Å². The van der Waals surface area contributed by atoms with Crippen molar-refractivity contribution in [2.45, 2.75) is 5.41 Å². The van der Waals surface area contributed by atoms with Gasteiger partial charge in [0.2, 0.25) is 0 Å². The lowest BCUT2D eigenvalue weighted by atomic mass is 9.68. The van der Waals surface area contributed by atoms with Gasteiger partial charge >= 0.3 is 0 Å². The number of hydrogen-bond acceptors (Lipinski definition) is 3. The summed E-state index contributed by atoms with van der Waals surface area (Å²) in [5.74, 6) is 0. The summed E-state index contributed by atoms with van der Waals surface area (Å²) in [5.41, 5.74) is 15.4. The number of fused-ring (bicyclic) bond motifs is 9. The average Bonchev–Trinajstić information content (AvgIpc) is 4.04. The van der Waals surface area contributed by atoms with Crippen molar-refractivity contribution in [3.63, 3.8) is 0 Å². The maximum absolute atomic E-state index is 2.48. The van der Waals surface area contributed by atoms with Crippen molar-refractivity contribution in [3.8, 4) is 33.4 Å². The van der Waals surface area contributed by atoms with Crippen molar-refractivity contribution in [2.24, 2.45) is 0 Å². The standard InChI is InChI=1S/C61H39NS2/c1-3-15-43(16-4-1)61(44-17-5-2-6-18-44)52-23-10-7-20-49(52)60-53(61)24-14-25-54(60)62(45-34-29-40(30-35-45)42-33-38-57-51(39-42)48-19-8-11-26-55(48)63-57)46-36-31-41(32-37-46)47-22-13-28-58-59(47)50-21-9-12-27-56(50)64-58/h1-39H. The van der Waals surface area contributed by atoms with Crippen molar-refractivity contribution >= 4 is 80.1 Å². The quantitative estimate of drug-likeness (QED) is 0.154. The molecule has 10 aromatic carbocycles. The predicted molar refractivity (Wildman–Crippen MR) is 275 cm³/mol. The zero-order chi connectivity index (χ0) is 42.2. The highest BCUT2D eigenvalue weighted by molar-refractivity contribution is 7.26. The average molecular weight is 850 g/mol. The smallest absolute Gasteiger partial charge is 0.0714 e. The Hall–Kier alpha value is -7.56. The lowest BCUT2D eigenvalue weighted by Crippen LogP contribution is -2.28. The van der Waals surface area contributed by atoms with E-state index in [1.807, 2.05) is 22.7 Å². The van der Waals surface area contributed by atoms with E-state index >= 15 is 0 Å². The van der Waals surface area contributed by atoms with E-state index in [0.717, 1.165) is 17.1 Å². The summed E-state index contributed by atoms with van der Waals surface area (Å²) in [7, 11) is 0. The highest BCUT2D eigenvalue weighted by Crippen LogP contribution is 2.59. The lowest BCUT2D eigenvalue weighted by Gasteiger charge is -2.34. The molecule has 13 rings (SSSR count). The van der Waals surface area contributed by atoms with Crippen molar-refractivity contribution in [1.82, 2.24) is 0 Å². The zero-order valence-electron chi connectivity index (χ0n) is 34.8. The van der Waals surface area contributed by atoms with Crippen molar-refractivity contribution in [1.29, 1.82) is 0 Å². The van der Waals surface area contributed by atoms with Crippen LogP contribution < -0.4 is 4.90 Å². The van der Waals surface area contributed by atoms with Crippen LogP contribution in [0, 0.1) is 0 Å². The van der Waals surface area contributed by atoms with Crippen molar-refractivity contribution < 1.29 is 0 Å². The first-order valence-electron chi connectivity index (χ1n) is 21.9. The summed E-state index contributed by atoms with van der Waals surface area (Å²) in [5, 5.41) is 5.27. The summed E-state index contributed by atoms with van der Waals surface area (Å²) < 4.78 is 5.28. The van der Waals surface area contributed by atoms with Gasteiger partial charge in [-0.2, -0.15) is 0 Å². The fourth-order valence-electron chi connectivity index (χ4n) is 10.6. The molecular formula is C61H39NS2. The van der Waals surface area contributed by atoms with Gasteiger partial charge in [0.05, 0.1) is 11.1 Å². The molecule has 0 saturated heterocycles. The van der Waals surface area contributed by atoms with E-state index in [1.54, 1.807) is 0 Å². The minimum Gasteiger partial charge on any atom is -0.310 e. The molecule has 2 heterocycles. The summed E-state index contributed by atoms with van der Waals surface area (Å²) >= 11 is 3.73. The second kappa shape index (κ2) is 14.8. The third-order valence-corrected chi connectivity index (χ3v) is 15.7. The Morgan fingerprint density at radius 3 is 1.58 bits per heavy atom. The van der Waals surface area contributed by atoms with Gasteiger partial charge in [0, 0.05) is 57.3 Å². The Bertz CT molecular complexity index is 3670. The van der Waals surface area contributed by atoms with Crippen LogP contribution in [0.2, 0.25) is 0 Å². The van der Waals surface area contributed by atoms with E-state index < -0.39 is 5.41 Å². The molecule has 0 fully saturated rings. The predicted octanol–water partition coefficient (Wildman–Crippen LogP) is 17.6. The molecular weight excluding hydrogens is 811 g/mol. The third kappa shape index (κ3) is 5.61. The van der Waals surface area contributed by atoms with Crippen molar-refractivity contribution in [2.75, 3.05) is 4.90 Å².